The second-order valence-electron chi connectivity index (χ2n) is 4.79. The highest BCUT2D eigenvalue weighted by Crippen LogP contribution is 2.39. The minimum absolute atomic E-state index is 0.186. The Morgan fingerprint density at radius 2 is 1.73 bits per heavy atom. The zero-order valence-electron chi connectivity index (χ0n) is 11.6. The number of aryl methyl sites for hydroxylation is 1. The van der Waals surface area contributed by atoms with Gasteiger partial charge in [0.2, 0.25) is 3.79 Å². The monoisotopic (exact) mass is 368 g/mol. The fourth-order valence-corrected chi connectivity index (χ4v) is 3.33. The number of nitrogens with zero attached hydrogens (tertiary/aromatic N) is 2. The minimum atomic E-state index is -1.65. The van der Waals surface area contributed by atoms with E-state index in [0.29, 0.717) is 0 Å². The number of halogens is 3. The highest BCUT2D eigenvalue weighted by molar-refractivity contribution is 7.99. The van der Waals surface area contributed by atoms with E-state index >= 15 is 0 Å². The molecule has 0 aliphatic heterocycles. The van der Waals surface area contributed by atoms with Crippen LogP contribution in [0.5, 0.6) is 0 Å². The third-order valence-corrected chi connectivity index (χ3v) is 4.53. The van der Waals surface area contributed by atoms with Crippen molar-refractivity contribution in [3.8, 4) is 0 Å². The summed E-state index contributed by atoms with van der Waals surface area (Å²) in [7, 11) is 0. The lowest BCUT2D eigenvalue weighted by atomic mass is 10.2. The van der Waals surface area contributed by atoms with Gasteiger partial charge in [0.25, 0.3) is 0 Å². The van der Waals surface area contributed by atoms with Crippen LogP contribution >= 0.6 is 46.6 Å². The molecule has 1 aromatic heterocycles. The highest BCUT2D eigenvalue weighted by Gasteiger charge is 2.28. The summed E-state index contributed by atoms with van der Waals surface area (Å²) in [6.45, 7) is 2.05. The summed E-state index contributed by atoms with van der Waals surface area (Å²) in [6.07, 6.45) is 0. The Balaban J connectivity index is 2.14. The van der Waals surface area contributed by atoms with Gasteiger partial charge in [0.1, 0.15) is 5.03 Å². The molecule has 0 spiro atoms. The maximum Gasteiger partial charge on any atom is 0.250 e. The van der Waals surface area contributed by atoms with E-state index in [1.807, 2.05) is 36.4 Å². The lowest BCUT2D eigenvalue weighted by molar-refractivity contribution is 0.940. The molecule has 0 saturated carbocycles. The zero-order chi connectivity index (χ0) is 15.7. The molecule has 6 heteroatoms. The first-order valence-corrected chi connectivity index (χ1v) is 8.47. The molecule has 3 aromatic rings. The van der Waals surface area contributed by atoms with Gasteiger partial charge in [0.15, 0.2) is 5.82 Å². The van der Waals surface area contributed by atoms with E-state index in [-0.39, 0.29) is 5.82 Å². The van der Waals surface area contributed by atoms with Crippen molar-refractivity contribution in [2.45, 2.75) is 20.6 Å². The van der Waals surface area contributed by atoms with E-state index in [2.05, 4.69) is 29.0 Å². The van der Waals surface area contributed by atoms with Crippen molar-refractivity contribution in [3.05, 3.63) is 59.9 Å². The van der Waals surface area contributed by atoms with Gasteiger partial charge in [-0.1, -0.05) is 82.5 Å². The van der Waals surface area contributed by atoms with Gasteiger partial charge in [-0.25, -0.2) is 9.97 Å². The maximum atomic E-state index is 5.96. The van der Waals surface area contributed by atoms with E-state index in [1.165, 1.54) is 17.3 Å². The quantitative estimate of drug-likeness (QED) is 0.414. The van der Waals surface area contributed by atoms with E-state index < -0.39 is 3.79 Å². The molecule has 1 heterocycles. The van der Waals surface area contributed by atoms with Crippen molar-refractivity contribution in [3.63, 3.8) is 0 Å². The average molecular weight is 370 g/mol. The molecule has 0 amide bonds. The molecule has 0 bridgehead atoms. The van der Waals surface area contributed by atoms with Crippen LogP contribution in [0.4, 0.5) is 0 Å². The van der Waals surface area contributed by atoms with Crippen LogP contribution in [-0.4, -0.2) is 9.97 Å². The van der Waals surface area contributed by atoms with E-state index in [4.69, 9.17) is 34.8 Å². The standard InChI is InChI=1S/C16H11Cl3N2S/c1-10-5-4-6-11(9-10)22-14-12-7-2-3-8-13(12)20-15(21-14)16(17,18)19/h2-9H,1H3. The molecule has 0 unspecified atom stereocenters. The summed E-state index contributed by atoms with van der Waals surface area (Å²) in [6, 6.07) is 15.9. The Bertz CT molecular complexity index is 831. The largest absolute Gasteiger partial charge is 0.250 e. The van der Waals surface area contributed by atoms with E-state index in [1.54, 1.807) is 0 Å². The van der Waals surface area contributed by atoms with Gasteiger partial charge in [-0.15, -0.1) is 0 Å². The molecule has 2 nitrogen and oxygen atoms in total. The van der Waals surface area contributed by atoms with Crippen molar-refractivity contribution in [2.75, 3.05) is 0 Å². The van der Waals surface area contributed by atoms with Crippen molar-refractivity contribution < 1.29 is 0 Å². The molecule has 2 aromatic carbocycles. The van der Waals surface area contributed by atoms with Crippen molar-refractivity contribution in [2.24, 2.45) is 0 Å². The third kappa shape index (κ3) is 3.49. The SMILES string of the molecule is Cc1cccc(Sc2nc(C(Cl)(Cl)Cl)nc3ccccc23)c1. The number of hydrogen-bond donors (Lipinski definition) is 0. The topological polar surface area (TPSA) is 25.8 Å². The molecule has 0 fully saturated rings. The molecule has 0 aliphatic carbocycles. The van der Waals surface area contributed by atoms with Gasteiger partial charge in [-0.05, 0) is 25.1 Å². The molecular weight excluding hydrogens is 359 g/mol. The van der Waals surface area contributed by atoms with Crippen LogP contribution in [0.15, 0.2) is 58.5 Å². The molecule has 112 valence electrons. The van der Waals surface area contributed by atoms with Crippen molar-refractivity contribution in [1.82, 2.24) is 9.97 Å². The van der Waals surface area contributed by atoms with Gasteiger partial charge in [-0.3, -0.25) is 0 Å². The minimum Gasteiger partial charge on any atom is -0.228 e. The molecular formula is C16H11Cl3N2S. The number of hydrogen-bond acceptors (Lipinski definition) is 3. The van der Waals surface area contributed by atoms with E-state index in [9.17, 15) is 0 Å². The maximum absolute atomic E-state index is 5.96. The summed E-state index contributed by atoms with van der Waals surface area (Å²) >= 11 is 19.4. The molecule has 0 aliphatic rings. The second-order valence-corrected chi connectivity index (χ2v) is 8.13. The zero-order valence-corrected chi connectivity index (χ0v) is 14.6. The van der Waals surface area contributed by atoms with Crippen LogP contribution in [0, 0.1) is 6.92 Å². The first-order valence-electron chi connectivity index (χ1n) is 6.52. The first-order chi connectivity index (χ1) is 10.4. The van der Waals surface area contributed by atoms with Crippen LogP contribution in [-0.2, 0) is 3.79 Å². The number of aromatic nitrogens is 2. The summed E-state index contributed by atoms with van der Waals surface area (Å²) < 4.78 is -1.65. The Morgan fingerprint density at radius 1 is 0.955 bits per heavy atom. The van der Waals surface area contributed by atoms with Crippen LogP contribution in [0.3, 0.4) is 0 Å². The normalized spacial score (nSPS) is 11.8. The van der Waals surface area contributed by atoms with Gasteiger partial charge in [0.05, 0.1) is 5.52 Å². The molecule has 0 saturated heterocycles. The Labute approximate surface area is 147 Å². The first kappa shape index (κ1) is 15.9. The lowest BCUT2D eigenvalue weighted by Crippen LogP contribution is -2.08. The van der Waals surface area contributed by atoms with Gasteiger partial charge in [-0.2, -0.15) is 0 Å². The summed E-state index contributed by atoms with van der Waals surface area (Å²) in [5.74, 6) is 0.186. The Hall–Kier alpha value is -1.00. The average Bonchev–Trinajstić information content (AvgIpc) is 2.46. The molecule has 22 heavy (non-hydrogen) atoms. The molecule has 0 atom stereocenters. The smallest absolute Gasteiger partial charge is 0.228 e. The predicted molar refractivity (Wildman–Crippen MR) is 94.1 cm³/mol. The van der Waals surface area contributed by atoms with E-state index in [0.717, 1.165) is 20.8 Å². The number of alkyl halides is 3. The van der Waals surface area contributed by atoms with Crippen LogP contribution < -0.4 is 0 Å². The number of benzene rings is 2. The second kappa shape index (κ2) is 6.25. The molecule has 0 N–H and O–H groups in total. The lowest BCUT2D eigenvalue weighted by Gasteiger charge is -2.13. The van der Waals surface area contributed by atoms with Crippen molar-refractivity contribution in [1.29, 1.82) is 0 Å². The van der Waals surface area contributed by atoms with Gasteiger partial charge < -0.3 is 0 Å². The van der Waals surface area contributed by atoms with Crippen LogP contribution in [0.2, 0.25) is 0 Å². The molecule has 3 rings (SSSR count). The fourth-order valence-electron chi connectivity index (χ4n) is 2.04. The van der Waals surface area contributed by atoms with Gasteiger partial charge >= 0.3 is 0 Å². The predicted octanol–water partition coefficient (Wildman–Crippen LogP) is 5.92. The third-order valence-electron chi connectivity index (χ3n) is 3.03. The summed E-state index contributed by atoms with van der Waals surface area (Å²) in [4.78, 5) is 9.88. The summed E-state index contributed by atoms with van der Waals surface area (Å²) in [5, 5.41) is 1.71. The highest BCUT2D eigenvalue weighted by atomic mass is 35.6. The number of fused-ring (bicyclic) bond motifs is 1. The number of rotatable bonds is 2. The Kier molecular flexibility index (Phi) is 4.51. The summed E-state index contributed by atoms with van der Waals surface area (Å²) in [5.41, 5.74) is 1.94. The Morgan fingerprint density at radius 3 is 2.45 bits per heavy atom. The van der Waals surface area contributed by atoms with Gasteiger partial charge in [0, 0.05) is 10.3 Å². The molecule has 0 radical (unpaired) electrons. The number of para-hydroxylation sites is 1. The van der Waals surface area contributed by atoms with Crippen LogP contribution in [0.25, 0.3) is 10.9 Å². The van der Waals surface area contributed by atoms with Crippen molar-refractivity contribution >= 4 is 57.5 Å². The van der Waals surface area contributed by atoms with Crippen LogP contribution in [0.1, 0.15) is 11.4 Å². The fraction of sp³-hybridized carbons (Fsp3) is 0.125.